The van der Waals surface area contributed by atoms with Gasteiger partial charge in [0, 0.05) is 6.08 Å². The monoisotopic (exact) mass is 422 g/mol. The molecule has 0 fully saturated rings. The number of hydrogen-bond donors (Lipinski definition) is 1. The maximum Gasteiger partial charge on any atom is 0.350 e. The number of aromatic nitrogens is 1. The largest absolute Gasteiger partial charge is 0.489 e. The molecule has 0 unspecified atom stereocenters. The number of anilines is 1. The van der Waals surface area contributed by atoms with Crippen LogP contribution in [0.3, 0.4) is 0 Å². The Labute approximate surface area is 179 Å². The van der Waals surface area contributed by atoms with E-state index in [1.54, 1.807) is 19.9 Å². The molecule has 0 bridgehead atoms. The molecule has 1 aromatic heterocycles. The minimum atomic E-state index is -0.432. The molecule has 2 aromatic carbocycles. The molecule has 0 aliphatic rings. The van der Waals surface area contributed by atoms with E-state index in [0.717, 1.165) is 28.2 Å². The van der Waals surface area contributed by atoms with Crippen molar-refractivity contribution in [3.63, 3.8) is 0 Å². The highest BCUT2D eigenvalue weighted by atomic mass is 32.1. The fourth-order valence-corrected chi connectivity index (χ4v) is 3.43. The number of carbonyl (C=O) groups excluding carboxylic acids is 2. The van der Waals surface area contributed by atoms with Crippen molar-refractivity contribution >= 4 is 34.4 Å². The van der Waals surface area contributed by atoms with E-state index in [1.807, 2.05) is 54.6 Å². The maximum absolute atomic E-state index is 12.2. The Balaban J connectivity index is 1.53. The van der Waals surface area contributed by atoms with Gasteiger partial charge in [0.15, 0.2) is 5.13 Å². The van der Waals surface area contributed by atoms with Gasteiger partial charge in [0.1, 0.15) is 17.2 Å². The third-order valence-electron chi connectivity index (χ3n) is 4.04. The molecule has 0 saturated heterocycles. The van der Waals surface area contributed by atoms with Crippen molar-refractivity contribution < 1.29 is 19.1 Å². The molecule has 3 rings (SSSR count). The zero-order valence-electron chi connectivity index (χ0n) is 16.8. The van der Waals surface area contributed by atoms with Crippen LogP contribution in [-0.2, 0) is 16.1 Å². The molecule has 0 aliphatic carbocycles. The number of rotatable bonds is 8. The number of thiazole rings is 1. The van der Waals surface area contributed by atoms with Gasteiger partial charge in [0.2, 0.25) is 5.91 Å². The SMILES string of the molecule is CCOC(=O)c1sc(NC(=O)/C=C/c2ccc(OCc3ccccc3)cc2)nc1C. The van der Waals surface area contributed by atoms with E-state index in [0.29, 0.717) is 22.3 Å². The number of nitrogens with one attached hydrogen (secondary N) is 1. The van der Waals surface area contributed by atoms with Crippen molar-refractivity contribution in [2.24, 2.45) is 0 Å². The van der Waals surface area contributed by atoms with Crippen LogP contribution in [0, 0.1) is 6.92 Å². The van der Waals surface area contributed by atoms with E-state index < -0.39 is 5.97 Å². The van der Waals surface area contributed by atoms with E-state index in [9.17, 15) is 9.59 Å². The second-order valence-corrected chi connectivity index (χ2v) is 7.32. The Hall–Kier alpha value is -3.45. The molecule has 154 valence electrons. The molecular weight excluding hydrogens is 400 g/mol. The van der Waals surface area contributed by atoms with E-state index in [-0.39, 0.29) is 12.5 Å². The molecule has 7 heteroatoms. The number of hydrogen-bond acceptors (Lipinski definition) is 6. The Morgan fingerprint density at radius 2 is 1.83 bits per heavy atom. The first-order valence-electron chi connectivity index (χ1n) is 9.45. The Morgan fingerprint density at radius 3 is 2.53 bits per heavy atom. The average molecular weight is 423 g/mol. The smallest absolute Gasteiger partial charge is 0.350 e. The summed E-state index contributed by atoms with van der Waals surface area (Å²) in [5.41, 5.74) is 2.49. The standard InChI is InChI=1S/C23H22N2O4S/c1-3-28-22(27)21-16(2)24-23(30-21)25-20(26)14-11-17-9-12-19(13-10-17)29-15-18-7-5-4-6-8-18/h4-14H,3,15H2,1-2H3,(H,24,25,26)/b14-11+. The first-order chi connectivity index (χ1) is 14.5. The van der Waals surface area contributed by atoms with Crippen molar-refractivity contribution in [3.8, 4) is 5.75 Å². The lowest BCUT2D eigenvalue weighted by Gasteiger charge is -2.06. The van der Waals surface area contributed by atoms with E-state index in [4.69, 9.17) is 9.47 Å². The van der Waals surface area contributed by atoms with Gasteiger partial charge in [-0.3, -0.25) is 10.1 Å². The van der Waals surface area contributed by atoms with Crippen molar-refractivity contribution in [2.45, 2.75) is 20.5 Å². The van der Waals surface area contributed by atoms with Crippen LogP contribution in [0.1, 0.15) is 33.4 Å². The van der Waals surface area contributed by atoms with E-state index in [1.165, 1.54) is 6.08 Å². The van der Waals surface area contributed by atoms with Gasteiger partial charge in [-0.1, -0.05) is 53.8 Å². The molecule has 3 aromatic rings. The summed E-state index contributed by atoms with van der Waals surface area (Å²) in [4.78, 5) is 28.6. The number of carbonyl (C=O) groups is 2. The number of amides is 1. The van der Waals surface area contributed by atoms with Crippen molar-refractivity contribution in [1.82, 2.24) is 4.98 Å². The van der Waals surface area contributed by atoms with Gasteiger partial charge in [-0.25, -0.2) is 9.78 Å². The highest BCUT2D eigenvalue weighted by Crippen LogP contribution is 2.23. The van der Waals surface area contributed by atoms with Gasteiger partial charge in [0.25, 0.3) is 0 Å². The number of nitrogens with zero attached hydrogens (tertiary/aromatic N) is 1. The summed E-state index contributed by atoms with van der Waals surface area (Å²) in [6.07, 6.45) is 3.11. The fourth-order valence-electron chi connectivity index (χ4n) is 2.57. The normalized spacial score (nSPS) is 10.7. The first kappa shape index (κ1) is 21.3. The molecule has 0 saturated carbocycles. The fraction of sp³-hybridized carbons (Fsp3) is 0.174. The van der Waals surface area contributed by atoms with Crippen LogP contribution in [0.15, 0.2) is 60.7 Å². The Morgan fingerprint density at radius 1 is 1.10 bits per heavy atom. The number of esters is 1. The van der Waals surface area contributed by atoms with Crippen LogP contribution in [0.5, 0.6) is 5.75 Å². The zero-order chi connectivity index (χ0) is 21.3. The summed E-state index contributed by atoms with van der Waals surface area (Å²) in [6.45, 7) is 4.23. The van der Waals surface area contributed by atoms with Crippen LogP contribution < -0.4 is 10.1 Å². The zero-order valence-corrected chi connectivity index (χ0v) is 17.6. The van der Waals surface area contributed by atoms with Gasteiger partial charge >= 0.3 is 5.97 Å². The predicted octanol–water partition coefficient (Wildman–Crippen LogP) is 4.86. The molecule has 1 heterocycles. The van der Waals surface area contributed by atoms with Crippen LogP contribution >= 0.6 is 11.3 Å². The van der Waals surface area contributed by atoms with Gasteiger partial charge in [-0.2, -0.15) is 0 Å². The molecule has 0 aliphatic heterocycles. The van der Waals surface area contributed by atoms with Gasteiger partial charge in [-0.15, -0.1) is 0 Å². The maximum atomic E-state index is 12.2. The minimum Gasteiger partial charge on any atom is -0.489 e. The van der Waals surface area contributed by atoms with Crippen molar-refractivity contribution in [2.75, 3.05) is 11.9 Å². The predicted molar refractivity (Wildman–Crippen MR) is 118 cm³/mol. The third-order valence-corrected chi connectivity index (χ3v) is 5.10. The highest BCUT2D eigenvalue weighted by molar-refractivity contribution is 7.17. The summed E-state index contributed by atoms with van der Waals surface area (Å²) in [5.74, 6) is -0.00751. The Kier molecular flexibility index (Phi) is 7.34. The lowest BCUT2D eigenvalue weighted by atomic mass is 10.2. The average Bonchev–Trinajstić information content (AvgIpc) is 3.12. The number of benzene rings is 2. The second-order valence-electron chi connectivity index (χ2n) is 6.32. The van der Waals surface area contributed by atoms with Crippen LogP contribution in [0.4, 0.5) is 5.13 Å². The van der Waals surface area contributed by atoms with Crippen LogP contribution in [-0.4, -0.2) is 23.5 Å². The third kappa shape index (κ3) is 6.02. The summed E-state index contributed by atoms with van der Waals surface area (Å²) < 4.78 is 10.7. The highest BCUT2D eigenvalue weighted by Gasteiger charge is 2.16. The Bertz CT molecular complexity index is 1030. The lowest BCUT2D eigenvalue weighted by molar-refractivity contribution is -0.111. The van der Waals surface area contributed by atoms with Crippen LogP contribution in [0.25, 0.3) is 6.08 Å². The van der Waals surface area contributed by atoms with E-state index in [2.05, 4.69) is 10.3 Å². The molecule has 0 radical (unpaired) electrons. The number of ether oxygens (including phenoxy) is 2. The molecule has 0 spiro atoms. The summed E-state index contributed by atoms with van der Waals surface area (Å²) in [5, 5.41) is 3.03. The minimum absolute atomic E-state index is 0.288. The van der Waals surface area contributed by atoms with Gasteiger partial charge in [0.05, 0.1) is 12.3 Å². The lowest BCUT2D eigenvalue weighted by Crippen LogP contribution is -2.07. The molecule has 30 heavy (non-hydrogen) atoms. The molecular formula is C23H22N2O4S. The van der Waals surface area contributed by atoms with Crippen LogP contribution in [0.2, 0.25) is 0 Å². The van der Waals surface area contributed by atoms with E-state index >= 15 is 0 Å². The summed E-state index contributed by atoms with van der Waals surface area (Å²) in [7, 11) is 0. The molecule has 6 nitrogen and oxygen atoms in total. The number of aryl methyl sites for hydroxylation is 1. The molecule has 1 amide bonds. The second kappa shape index (κ2) is 10.4. The molecule has 0 atom stereocenters. The summed E-state index contributed by atoms with van der Waals surface area (Å²) in [6, 6.07) is 17.4. The van der Waals surface area contributed by atoms with Crippen molar-refractivity contribution in [1.29, 1.82) is 0 Å². The van der Waals surface area contributed by atoms with Gasteiger partial charge in [-0.05, 0) is 43.2 Å². The first-order valence-corrected chi connectivity index (χ1v) is 10.3. The topological polar surface area (TPSA) is 77.5 Å². The quantitative estimate of drug-likeness (QED) is 0.414. The molecule has 1 N–H and O–H groups in total. The summed E-state index contributed by atoms with van der Waals surface area (Å²) >= 11 is 1.10. The van der Waals surface area contributed by atoms with Crippen molar-refractivity contribution in [3.05, 3.63) is 82.4 Å². The van der Waals surface area contributed by atoms with Gasteiger partial charge < -0.3 is 9.47 Å².